The Bertz CT molecular complexity index is 292. The molecule has 0 saturated heterocycles. The lowest BCUT2D eigenvalue weighted by molar-refractivity contribution is 0.110. The lowest BCUT2D eigenvalue weighted by Crippen LogP contribution is -2.36. The van der Waals surface area contributed by atoms with E-state index in [0.29, 0.717) is 13.2 Å². The molecule has 0 spiro atoms. The second-order valence-corrected chi connectivity index (χ2v) is 3.61. The molecule has 3 nitrogen and oxygen atoms in total. The van der Waals surface area contributed by atoms with Crippen LogP contribution >= 0.6 is 0 Å². The molecule has 0 fully saturated rings. The maximum atomic E-state index is 11.5. The molecule has 15 heavy (non-hydrogen) atoms. The molecule has 0 radical (unpaired) electrons. The van der Waals surface area contributed by atoms with E-state index in [-0.39, 0.29) is 6.09 Å². The first kappa shape index (κ1) is 11.8. The Labute approximate surface area is 91.4 Å². The van der Waals surface area contributed by atoms with E-state index in [9.17, 15) is 4.79 Å². The lowest BCUT2D eigenvalue weighted by Gasteiger charge is -2.26. The summed E-state index contributed by atoms with van der Waals surface area (Å²) >= 11 is 0. The monoisotopic (exact) mass is 209 g/mol. The van der Waals surface area contributed by atoms with E-state index in [4.69, 9.17) is 4.74 Å². The first-order chi connectivity index (χ1) is 7.19. The molecular weight excluding hydrogens is 190 g/mol. The van der Waals surface area contributed by atoms with Crippen LogP contribution in [-0.4, -0.2) is 30.7 Å². The van der Waals surface area contributed by atoms with Gasteiger partial charge in [-0.2, -0.15) is 0 Å². The fourth-order valence-corrected chi connectivity index (χ4v) is 1.59. The van der Waals surface area contributed by atoms with Gasteiger partial charge in [0.05, 0.1) is 6.61 Å². The Kier molecular flexibility index (Phi) is 4.40. The maximum Gasteiger partial charge on any atom is 0.410 e. The predicted molar refractivity (Wildman–Crippen MR) is 60.7 cm³/mol. The molecule has 0 bridgehead atoms. The van der Waals surface area contributed by atoms with E-state index in [0.717, 1.165) is 13.0 Å². The van der Waals surface area contributed by atoms with Crippen molar-refractivity contribution in [2.45, 2.75) is 27.2 Å². The van der Waals surface area contributed by atoms with Crippen molar-refractivity contribution in [3.05, 3.63) is 23.3 Å². The van der Waals surface area contributed by atoms with Crippen LogP contribution in [0.5, 0.6) is 0 Å². The van der Waals surface area contributed by atoms with Crippen LogP contribution in [0.3, 0.4) is 0 Å². The molecule has 0 unspecified atom stereocenters. The third kappa shape index (κ3) is 3.11. The van der Waals surface area contributed by atoms with Crippen LogP contribution in [0.15, 0.2) is 23.3 Å². The van der Waals surface area contributed by atoms with Crippen molar-refractivity contribution in [2.24, 2.45) is 0 Å². The Morgan fingerprint density at radius 2 is 2.40 bits per heavy atom. The summed E-state index contributed by atoms with van der Waals surface area (Å²) in [6.07, 6.45) is 4.98. The van der Waals surface area contributed by atoms with Crippen molar-refractivity contribution in [2.75, 3.05) is 19.7 Å². The largest absolute Gasteiger partial charge is 0.450 e. The molecule has 0 aromatic heterocycles. The van der Waals surface area contributed by atoms with E-state index in [1.165, 1.54) is 11.1 Å². The van der Waals surface area contributed by atoms with Gasteiger partial charge < -0.3 is 9.64 Å². The van der Waals surface area contributed by atoms with E-state index in [2.05, 4.69) is 19.1 Å². The molecule has 1 heterocycles. The van der Waals surface area contributed by atoms with E-state index in [1.54, 1.807) is 4.90 Å². The third-order valence-electron chi connectivity index (χ3n) is 2.62. The molecule has 84 valence electrons. The van der Waals surface area contributed by atoms with Crippen molar-refractivity contribution in [3.63, 3.8) is 0 Å². The van der Waals surface area contributed by atoms with E-state index >= 15 is 0 Å². The van der Waals surface area contributed by atoms with Gasteiger partial charge in [-0.15, -0.1) is 0 Å². The summed E-state index contributed by atoms with van der Waals surface area (Å²) in [6.45, 7) is 7.79. The predicted octanol–water partition coefficient (Wildman–Crippen LogP) is 2.74. The molecule has 1 aliphatic heterocycles. The molecule has 1 amide bonds. The fourth-order valence-electron chi connectivity index (χ4n) is 1.59. The summed E-state index contributed by atoms with van der Waals surface area (Å²) < 4.78 is 4.98. The van der Waals surface area contributed by atoms with Crippen molar-refractivity contribution >= 4 is 6.09 Å². The molecule has 0 N–H and O–H groups in total. The highest BCUT2D eigenvalue weighted by Gasteiger charge is 2.19. The Morgan fingerprint density at radius 3 is 3.00 bits per heavy atom. The second kappa shape index (κ2) is 5.59. The summed E-state index contributed by atoms with van der Waals surface area (Å²) in [5, 5.41) is 0. The zero-order valence-electron chi connectivity index (χ0n) is 9.75. The number of nitrogens with zero attached hydrogens (tertiary/aromatic N) is 1. The van der Waals surface area contributed by atoms with Crippen LogP contribution in [0.2, 0.25) is 0 Å². The number of carbonyl (C=O) groups is 1. The summed E-state index contributed by atoms with van der Waals surface area (Å²) in [7, 11) is 0. The van der Waals surface area contributed by atoms with Gasteiger partial charge in [0.1, 0.15) is 0 Å². The number of ether oxygens (including phenoxy) is 1. The second-order valence-electron chi connectivity index (χ2n) is 3.61. The number of amides is 1. The summed E-state index contributed by atoms with van der Waals surface area (Å²) in [5.41, 5.74) is 2.47. The molecule has 1 rings (SSSR count). The van der Waals surface area contributed by atoms with Gasteiger partial charge in [-0.1, -0.05) is 17.7 Å². The highest BCUT2D eigenvalue weighted by atomic mass is 16.6. The van der Waals surface area contributed by atoms with Crippen LogP contribution in [0.1, 0.15) is 27.2 Å². The van der Waals surface area contributed by atoms with Crippen LogP contribution in [-0.2, 0) is 4.74 Å². The molecule has 0 aliphatic carbocycles. The minimum atomic E-state index is -0.202. The van der Waals surface area contributed by atoms with Crippen LogP contribution < -0.4 is 0 Å². The van der Waals surface area contributed by atoms with Gasteiger partial charge in [-0.25, -0.2) is 4.79 Å². The molecule has 0 aromatic rings. The van der Waals surface area contributed by atoms with Crippen molar-refractivity contribution in [1.82, 2.24) is 4.90 Å². The Morgan fingerprint density at radius 1 is 1.67 bits per heavy atom. The maximum absolute atomic E-state index is 11.5. The standard InChI is InChI=1S/C12H19NO2/c1-4-10(3)11-7-6-8-13(9-11)12(14)15-5-2/h4,7H,5-6,8-9H2,1-3H3/b10-4-. The molecule has 1 aliphatic rings. The topological polar surface area (TPSA) is 29.5 Å². The minimum Gasteiger partial charge on any atom is -0.450 e. The number of rotatable bonds is 2. The number of allylic oxidation sites excluding steroid dienone is 1. The zero-order chi connectivity index (χ0) is 11.3. The van der Waals surface area contributed by atoms with Gasteiger partial charge in [0.25, 0.3) is 0 Å². The van der Waals surface area contributed by atoms with Crippen molar-refractivity contribution < 1.29 is 9.53 Å². The summed E-state index contributed by atoms with van der Waals surface area (Å²) in [5.74, 6) is 0. The van der Waals surface area contributed by atoms with Crippen LogP contribution in [0.4, 0.5) is 4.79 Å². The van der Waals surface area contributed by atoms with Gasteiger partial charge >= 0.3 is 6.09 Å². The van der Waals surface area contributed by atoms with E-state index < -0.39 is 0 Å². The highest BCUT2D eigenvalue weighted by Crippen LogP contribution is 2.17. The first-order valence-corrected chi connectivity index (χ1v) is 5.43. The summed E-state index contributed by atoms with van der Waals surface area (Å²) in [6, 6.07) is 0. The quantitative estimate of drug-likeness (QED) is 0.700. The van der Waals surface area contributed by atoms with Crippen LogP contribution in [0, 0.1) is 0 Å². The average Bonchev–Trinajstić information content (AvgIpc) is 2.28. The van der Waals surface area contributed by atoms with Crippen LogP contribution in [0.25, 0.3) is 0 Å². The van der Waals surface area contributed by atoms with Gasteiger partial charge in [0.15, 0.2) is 0 Å². The van der Waals surface area contributed by atoms with Gasteiger partial charge in [0.2, 0.25) is 0 Å². The molecular formula is C12H19NO2. The molecule has 0 atom stereocenters. The number of hydrogen-bond donors (Lipinski definition) is 0. The third-order valence-corrected chi connectivity index (χ3v) is 2.62. The number of hydrogen-bond acceptors (Lipinski definition) is 2. The summed E-state index contributed by atoms with van der Waals surface area (Å²) in [4.78, 5) is 13.3. The van der Waals surface area contributed by atoms with Crippen molar-refractivity contribution in [1.29, 1.82) is 0 Å². The highest BCUT2D eigenvalue weighted by molar-refractivity contribution is 5.68. The van der Waals surface area contributed by atoms with Gasteiger partial charge in [0, 0.05) is 13.1 Å². The minimum absolute atomic E-state index is 0.202. The molecule has 3 heteroatoms. The Balaban J connectivity index is 2.61. The molecule has 0 saturated carbocycles. The fraction of sp³-hybridized carbons (Fsp3) is 0.583. The van der Waals surface area contributed by atoms with Gasteiger partial charge in [-0.05, 0) is 32.8 Å². The molecule has 0 aromatic carbocycles. The smallest absolute Gasteiger partial charge is 0.410 e. The van der Waals surface area contributed by atoms with E-state index in [1.807, 2.05) is 13.8 Å². The average molecular weight is 209 g/mol. The normalized spacial score (nSPS) is 17.4. The Hall–Kier alpha value is -1.25. The lowest BCUT2D eigenvalue weighted by atomic mass is 10.0. The van der Waals surface area contributed by atoms with Gasteiger partial charge in [-0.3, -0.25) is 0 Å². The first-order valence-electron chi connectivity index (χ1n) is 5.43. The number of carbonyl (C=O) groups excluding carboxylic acids is 1. The zero-order valence-corrected chi connectivity index (χ0v) is 9.75. The van der Waals surface area contributed by atoms with Crippen molar-refractivity contribution in [3.8, 4) is 0 Å². The SMILES string of the molecule is C/C=C(/C)C1=CCCN(C(=O)OCC)C1.